The van der Waals surface area contributed by atoms with E-state index in [0.717, 1.165) is 11.8 Å². The van der Waals surface area contributed by atoms with Gasteiger partial charge < -0.3 is 11.1 Å². The summed E-state index contributed by atoms with van der Waals surface area (Å²) < 4.78 is 36.6. The molecule has 3 rings (SSSR count). The first kappa shape index (κ1) is 7.52. The van der Waals surface area contributed by atoms with Crippen molar-refractivity contribution in [2.24, 2.45) is 5.73 Å². The van der Waals surface area contributed by atoms with E-state index < -0.39 is 17.8 Å². The highest BCUT2D eigenvalue weighted by atomic mass is 19.4. The smallest absolute Gasteiger partial charge is 0.397 e. The molecule has 0 saturated carbocycles. The first-order valence-electron chi connectivity index (χ1n) is 3.52. The molecule has 66 valence electrons. The molecule has 1 fully saturated rings. The fourth-order valence-corrected chi connectivity index (χ4v) is 1.42. The third-order valence-corrected chi connectivity index (χ3v) is 2.12. The standard InChI is InChI=1S/C7H7F3N2/c8-7(9,10)3-1-4(11)6-2-5(3)12-6/h1,5,12H,2,11H2. The van der Waals surface area contributed by atoms with Gasteiger partial charge in [-0.05, 0) is 6.08 Å². The van der Waals surface area contributed by atoms with Crippen molar-refractivity contribution in [1.82, 2.24) is 5.32 Å². The molecular weight excluding hydrogens is 169 g/mol. The van der Waals surface area contributed by atoms with Gasteiger partial charge in [0.15, 0.2) is 0 Å². The Labute approximate surface area is 66.9 Å². The summed E-state index contributed by atoms with van der Waals surface area (Å²) in [6.45, 7) is 0. The van der Waals surface area contributed by atoms with Crippen LogP contribution in [-0.4, -0.2) is 12.2 Å². The number of nitrogens with two attached hydrogens (primary N) is 1. The maximum absolute atomic E-state index is 12.2. The van der Waals surface area contributed by atoms with Gasteiger partial charge in [-0.1, -0.05) is 0 Å². The number of nitrogens with one attached hydrogen (secondary N) is 1. The Balaban J connectivity index is 2.34. The molecular formula is C7H7F3N2. The molecule has 0 aromatic heterocycles. The summed E-state index contributed by atoms with van der Waals surface area (Å²) >= 11 is 0. The van der Waals surface area contributed by atoms with Crippen LogP contribution in [0.25, 0.3) is 0 Å². The van der Waals surface area contributed by atoms with Gasteiger partial charge in [0, 0.05) is 12.1 Å². The number of hydrogen-bond acceptors (Lipinski definition) is 2. The van der Waals surface area contributed by atoms with Crippen LogP contribution in [0.2, 0.25) is 0 Å². The van der Waals surface area contributed by atoms with E-state index >= 15 is 0 Å². The highest BCUT2D eigenvalue weighted by Crippen LogP contribution is 2.39. The van der Waals surface area contributed by atoms with Crippen molar-refractivity contribution in [3.05, 3.63) is 23.0 Å². The van der Waals surface area contributed by atoms with E-state index in [1.807, 2.05) is 0 Å². The van der Waals surface area contributed by atoms with Gasteiger partial charge in [-0.15, -0.1) is 0 Å². The average molecular weight is 176 g/mol. The molecule has 3 aliphatic rings. The summed E-state index contributed by atoms with van der Waals surface area (Å²) in [4.78, 5) is 0. The van der Waals surface area contributed by atoms with Gasteiger partial charge >= 0.3 is 6.18 Å². The number of fused-ring (bicyclic) bond motifs is 1. The normalized spacial score (nSPS) is 27.6. The van der Waals surface area contributed by atoms with Gasteiger partial charge in [-0.25, -0.2) is 0 Å². The summed E-state index contributed by atoms with van der Waals surface area (Å²) in [6, 6.07) is -0.563. The molecule has 12 heavy (non-hydrogen) atoms. The van der Waals surface area contributed by atoms with Crippen molar-refractivity contribution in [1.29, 1.82) is 0 Å². The summed E-state index contributed by atoms with van der Waals surface area (Å²) in [5.74, 6) is 0. The van der Waals surface area contributed by atoms with E-state index in [2.05, 4.69) is 5.32 Å². The quantitative estimate of drug-likeness (QED) is 0.578. The van der Waals surface area contributed by atoms with Crippen molar-refractivity contribution in [2.75, 3.05) is 0 Å². The molecule has 1 saturated heterocycles. The topological polar surface area (TPSA) is 38.0 Å². The second-order valence-corrected chi connectivity index (χ2v) is 2.93. The molecule has 1 unspecified atom stereocenters. The number of dihydropyridines is 1. The molecule has 2 aliphatic heterocycles. The summed E-state index contributed by atoms with van der Waals surface area (Å²) in [5.41, 5.74) is 5.73. The SMILES string of the molecule is NC1=C2CC(N2)C(C(F)(F)F)=C1. The second-order valence-electron chi connectivity index (χ2n) is 2.93. The van der Waals surface area contributed by atoms with Gasteiger partial charge in [0.05, 0.1) is 17.3 Å². The highest BCUT2D eigenvalue weighted by molar-refractivity contribution is 5.43. The van der Waals surface area contributed by atoms with E-state index in [1.165, 1.54) is 0 Å². The molecule has 2 bridgehead atoms. The first-order valence-corrected chi connectivity index (χ1v) is 3.52. The largest absolute Gasteiger partial charge is 0.414 e. The van der Waals surface area contributed by atoms with Crippen LogP contribution in [-0.2, 0) is 0 Å². The zero-order chi connectivity index (χ0) is 8.93. The minimum absolute atomic E-state index is 0.213. The molecule has 5 heteroatoms. The van der Waals surface area contributed by atoms with Crippen molar-refractivity contribution in [2.45, 2.75) is 18.6 Å². The van der Waals surface area contributed by atoms with Crippen LogP contribution in [0.15, 0.2) is 23.0 Å². The Kier molecular flexibility index (Phi) is 1.23. The third kappa shape index (κ3) is 0.888. The van der Waals surface area contributed by atoms with Gasteiger partial charge in [-0.2, -0.15) is 13.2 Å². The van der Waals surface area contributed by atoms with Gasteiger partial charge in [0.2, 0.25) is 0 Å². The minimum atomic E-state index is -4.26. The molecule has 2 heterocycles. The fraction of sp³-hybridized carbons (Fsp3) is 0.429. The van der Waals surface area contributed by atoms with Crippen molar-refractivity contribution in [3.63, 3.8) is 0 Å². The molecule has 0 radical (unpaired) electrons. The molecule has 2 nitrogen and oxygen atoms in total. The number of alkyl halides is 3. The molecule has 0 spiro atoms. The van der Waals surface area contributed by atoms with Crippen LogP contribution in [0, 0.1) is 0 Å². The van der Waals surface area contributed by atoms with E-state index in [0.29, 0.717) is 6.42 Å². The molecule has 0 amide bonds. The Hall–Kier alpha value is -1.13. The predicted octanol–water partition coefficient (Wildman–Crippen LogP) is 1.02. The zero-order valence-corrected chi connectivity index (χ0v) is 6.07. The second kappa shape index (κ2) is 1.97. The predicted molar refractivity (Wildman–Crippen MR) is 36.9 cm³/mol. The summed E-state index contributed by atoms with van der Waals surface area (Å²) in [7, 11) is 0. The molecule has 1 atom stereocenters. The monoisotopic (exact) mass is 176 g/mol. The summed E-state index contributed by atoms with van der Waals surface area (Å²) in [5, 5.41) is 2.65. The van der Waals surface area contributed by atoms with Crippen LogP contribution >= 0.6 is 0 Å². The average Bonchev–Trinajstić information content (AvgIpc) is 1.81. The minimum Gasteiger partial charge on any atom is -0.397 e. The van der Waals surface area contributed by atoms with Crippen LogP contribution < -0.4 is 11.1 Å². The van der Waals surface area contributed by atoms with Gasteiger partial charge in [0.1, 0.15) is 0 Å². The summed E-state index contributed by atoms with van der Waals surface area (Å²) in [6.07, 6.45) is -2.84. The van der Waals surface area contributed by atoms with Crippen molar-refractivity contribution >= 4 is 0 Å². The lowest BCUT2D eigenvalue weighted by atomic mass is 9.87. The van der Waals surface area contributed by atoms with E-state index in [4.69, 9.17) is 5.73 Å². The Morgan fingerprint density at radius 1 is 1.50 bits per heavy atom. The van der Waals surface area contributed by atoms with E-state index in [1.54, 1.807) is 0 Å². The zero-order valence-electron chi connectivity index (χ0n) is 6.07. The number of rotatable bonds is 0. The number of allylic oxidation sites excluding steroid dienone is 1. The molecule has 0 aromatic rings. The third-order valence-electron chi connectivity index (χ3n) is 2.12. The van der Waals surface area contributed by atoms with E-state index in [-0.39, 0.29) is 5.70 Å². The Morgan fingerprint density at radius 3 is 2.42 bits per heavy atom. The van der Waals surface area contributed by atoms with Gasteiger partial charge in [0.25, 0.3) is 0 Å². The maximum atomic E-state index is 12.2. The Morgan fingerprint density at radius 2 is 2.08 bits per heavy atom. The first-order chi connectivity index (χ1) is 5.48. The molecule has 3 N–H and O–H groups in total. The van der Waals surface area contributed by atoms with Crippen LogP contribution in [0.4, 0.5) is 13.2 Å². The van der Waals surface area contributed by atoms with Crippen molar-refractivity contribution in [3.8, 4) is 0 Å². The van der Waals surface area contributed by atoms with Crippen LogP contribution in [0.3, 0.4) is 0 Å². The van der Waals surface area contributed by atoms with Crippen molar-refractivity contribution < 1.29 is 13.2 Å². The lowest BCUT2D eigenvalue weighted by molar-refractivity contribution is -0.0985. The van der Waals surface area contributed by atoms with Gasteiger partial charge in [-0.3, -0.25) is 0 Å². The lowest BCUT2D eigenvalue weighted by Gasteiger charge is -2.39. The maximum Gasteiger partial charge on any atom is 0.414 e. The fourth-order valence-electron chi connectivity index (χ4n) is 1.42. The van der Waals surface area contributed by atoms with Crippen LogP contribution in [0.5, 0.6) is 0 Å². The highest BCUT2D eigenvalue weighted by Gasteiger charge is 2.45. The lowest BCUT2D eigenvalue weighted by Crippen LogP contribution is -2.49. The van der Waals surface area contributed by atoms with Crippen LogP contribution in [0.1, 0.15) is 6.42 Å². The molecule has 1 aliphatic carbocycles. The number of halogens is 3. The van der Waals surface area contributed by atoms with E-state index in [9.17, 15) is 13.2 Å². The molecule has 0 aromatic carbocycles. The number of hydrogen-bond donors (Lipinski definition) is 2. The Bertz CT molecular complexity index is 280.